The van der Waals surface area contributed by atoms with Crippen molar-refractivity contribution in [3.63, 3.8) is 0 Å². The Hall–Kier alpha value is -2.95. The second-order valence-corrected chi connectivity index (χ2v) is 8.84. The minimum Gasteiger partial charge on any atom is -0.496 e. The summed E-state index contributed by atoms with van der Waals surface area (Å²) in [5.74, 6) is -1.08. The molecule has 1 fully saturated rings. The molecule has 10 heteroatoms. The maximum absolute atomic E-state index is 13.0. The topological polar surface area (TPSA) is 114 Å². The third-order valence-electron chi connectivity index (χ3n) is 4.86. The number of methoxy groups -OCH3 is 1. The number of aryl methyl sites for hydroxylation is 1. The van der Waals surface area contributed by atoms with Crippen LogP contribution in [0.15, 0.2) is 53.4 Å². The van der Waals surface area contributed by atoms with Crippen LogP contribution in [0.5, 0.6) is 5.75 Å². The van der Waals surface area contributed by atoms with Crippen molar-refractivity contribution in [1.29, 1.82) is 0 Å². The van der Waals surface area contributed by atoms with Gasteiger partial charge in [0.25, 0.3) is 0 Å². The molecule has 0 saturated carbocycles. The average Bonchev–Trinajstić information content (AvgIpc) is 3.26. The predicted molar refractivity (Wildman–Crippen MR) is 113 cm³/mol. The van der Waals surface area contributed by atoms with E-state index in [1.165, 1.54) is 23.5 Å². The number of carbonyl (C=O) groups is 2. The van der Waals surface area contributed by atoms with Crippen molar-refractivity contribution in [1.82, 2.24) is 14.9 Å². The van der Waals surface area contributed by atoms with E-state index in [1.54, 1.807) is 13.0 Å². The van der Waals surface area contributed by atoms with Crippen LogP contribution in [0.2, 0.25) is 0 Å². The summed E-state index contributed by atoms with van der Waals surface area (Å²) in [5.41, 5.74) is 1.54. The highest BCUT2D eigenvalue weighted by atomic mass is 32.2. The van der Waals surface area contributed by atoms with Gasteiger partial charge in [0.2, 0.25) is 10.0 Å². The summed E-state index contributed by atoms with van der Waals surface area (Å²) in [5, 5.41) is 4.96. The van der Waals surface area contributed by atoms with E-state index >= 15 is 0 Å². The fourth-order valence-corrected chi connectivity index (χ4v) is 4.80. The van der Waals surface area contributed by atoms with E-state index in [0.717, 1.165) is 5.56 Å². The SMILES string of the molecule is COc1ccc(S(=O)(=O)N2CCO[C@H]2CNC(=O)C(=O)NCc2ccccc2)cc1C. The van der Waals surface area contributed by atoms with Crippen LogP contribution in [0.3, 0.4) is 0 Å². The number of benzene rings is 2. The van der Waals surface area contributed by atoms with E-state index in [4.69, 9.17) is 9.47 Å². The van der Waals surface area contributed by atoms with Gasteiger partial charge in [0.1, 0.15) is 12.0 Å². The van der Waals surface area contributed by atoms with Crippen LogP contribution in [0, 0.1) is 6.92 Å². The fraction of sp³-hybridized carbons (Fsp3) is 0.333. The van der Waals surface area contributed by atoms with Gasteiger partial charge in [-0.05, 0) is 36.2 Å². The molecule has 1 aliphatic rings. The van der Waals surface area contributed by atoms with Gasteiger partial charge in [-0.2, -0.15) is 4.31 Å². The smallest absolute Gasteiger partial charge is 0.309 e. The molecule has 0 bridgehead atoms. The molecule has 0 aromatic heterocycles. The molecule has 2 aromatic rings. The molecular weight excluding hydrogens is 422 g/mol. The van der Waals surface area contributed by atoms with Crippen LogP contribution >= 0.6 is 0 Å². The standard InChI is InChI=1S/C21H25N3O6S/c1-15-12-17(8-9-18(15)29-2)31(27,28)24-10-11-30-19(24)14-23-21(26)20(25)22-13-16-6-4-3-5-7-16/h3-9,12,19H,10-11,13-14H2,1-2H3,(H,22,25)(H,23,26)/t19-/m0/s1. The summed E-state index contributed by atoms with van der Waals surface area (Å²) in [6.45, 7) is 2.16. The molecule has 0 unspecified atom stereocenters. The summed E-state index contributed by atoms with van der Waals surface area (Å²) >= 11 is 0. The number of hydrogen-bond donors (Lipinski definition) is 2. The van der Waals surface area contributed by atoms with Crippen LogP contribution < -0.4 is 15.4 Å². The Balaban J connectivity index is 1.59. The maximum atomic E-state index is 13.0. The largest absolute Gasteiger partial charge is 0.496 e. The quantitative estimate of drug-likeness (QED) is 0.607. The van der Waals surface area contributed by atoms with Crippen LogP contribution in [0.1, 0.15) is 11.1 Å². The van der Waals surface area contributed by atoms with E-state index in [0.29, 0.717) is 11.3 Å². The second kappa shape index (κ2) is 9.90. The van der Waals surface area contributed by atoms with E-state index in [2.05, 4.69) is 10.6 Å². The first-order valence-corrected chi connectivity index (χ1v) is 11.1. The molecule has 0 aliphatic carbocycles. The van der Waals surface area contributed by atoms with Crippen LogP contribution in [0.25, 0.3) is 0 Å². The third kappa shape index (κ3) is 5.40. The molecule has 9 nitrogen and oxygen atoms in total. The van der Waals surface area contributed by atoms with E-state index in [1.807, 2.05) is 30.3 Å². The Morgan fingerprint density at radius 2 is 1.84 bits per heavy atom. The zero-order valence-electron chi connectivity index (χ0n) is 17.3. The van der Waals surface area contributed by atoms with E-state index < -0.39 is 28.1 Å². The van der Waals surface area contributed by atoms with Crippen molar-refractivity contribution in [3.05, 3.63) is 59.7 Å². The van der Waals surface area contributed by atoms with Crippen molar-refractivity contribution in [2.45, 2.75) is 24.6 Å². The van der Waals surface area contributed by atoms with Crippen LogP contribution in [-0.2, 0) is 30.9 Å². The van der Waals surface area contributed by atoms with E-state index in [-0.39, 0.29) is 31.1 Å². The molecule has 1 heterocycles. The third-order valence-corrected chi connectivity index (χ3v) is 6.74. The molecule has 1 atom stereocenters. The fourth-order valence-electron chi connectivity index (χ4n) is 3.21. The van der Waals surface area contributed by atoms with Gasteiger partial charge >= 0.3 is 11.8 Å². The molecule has 0 spiro atoms. The van der Waals surface area contributed by atoms with Gasteiger partial charge in [0.05, 0.1) is 25.2 Å². The summed E-state index contributed by atoms with van der Waals surface area (Å²) in [7, 11) is -2.34. The molecule has 3 rings (SSSR count). The monoisotopic (exact) mass is 447 g/mol. The van der Waals surface area contributed by atoms with Crippen molar-refractivity contribution in [2.75, 3.05) is 26.8 Å². The van der Waals surface area contributed by atoms with Gasteiger partial charge in [-0.3, -0.25) is 9.59 Å². The van der Waals surface area contributed by atoms with Gasteiger partial charge in [-0.15, -0.1) is 0 Å². The number of carbonyl (C=O) groups excluding carboxylic acids is 2. The highest BCUT2D eigenvalue weighted by Gasteiger charge is 2.37. The van der Waals surface area contributed by atoms with Crippen molar-refractivity contribution >= 4 is 21.8 Å². The Morgan fingerprint density at radius 1 is 1.13 bits per heavy atom. The number of sulfonamides is 1. The highest BCUT2D eigenvalue weighted by Crippen LogP contribution is 2.26. The minimum atomic E-state index is -3.85. The van der Waals surface area contributed by atoms with Gasteiger partial charge in [0, 0.05) is 13.1 Å². The number of hydrogen-bond acceptors (Lipinski definition) is 6. The lowest BCUT2D eigenvalue weighted by atomic mass is 10.2. The molecule has 1 aliphatic heterocycles. The number of nitrogens with zero attached hydrogens (tertiary/aromatic N) is 1. The Morgan fingerprint density at radius 3 is 2.52 bits per heavy atom. The molecule has 2 amide bonds. The zero-order chi connectivity index (χ0) is 22.4. The average molecular weight is 448 g/mol. The van der Waals surface area contributed by atoms with Gasteiger partial charge < -0.3 is 20.1 Å². The number of nitrogens with one attached hydrogen (secondary N) is 2. The molecule has 31 heavy (non-hydrogen) atoms. The van der Waals surface area contributed by atoms with Gasteiger partial charge in [0.15, 0.2) is 0 Å². The second-order valence-electron chi connectivity index (χ2n) is 6.95. The summed E-state index contributed by atoms with van der Waals surface area (Å²) in [6.07, 6.45) is -0.904. The first kappa shape index (κ1) is 22.7. The summed E-state index contributed by atoms with van der Waals surface area (Å²) in [4.78, 5) is 24.2. The number of ether oxygens (including phenoxy) is 2. The molecular formula is C21H25N3O6S. The van der Waals surface area contributed by atoms with Crippen LogP contribution in [-0.4, -0.2) is 57.6 Å². The Bertz CT molecular complexity index is 1040. The Labute approximate surface area is 181 Å². The van der Waals surface area contributed by atoms with Crippen molar-refractivity contribution in [2.24, 2.45) is 0 Å². The Kier molecular flexibility index (Phi) is 7.26. The first-order chi connectivity index (χ1) is 14.8. The van der Waals surface area contributed by atoms with Crippen molar-refractivity contribution in [3.8, 4) is 5.75 Å². The van der Waals surface area contributed by atoms with E-state index in [9.17, 15) is 18.0 Å². The molecule has 2 N–H and O–H groups in total. The van der Waals surface area contributed by atoms with Crippen molar-refractivity contribution < 1.29 is 27.5 Å². The molecule has 0 radical (unpaired) electrons. The summed E-state index contributed by atoms with van der Waals surface area (Å²) in [6, 6.07) is 13.8. The lowest BCUT2D eigenvalue weighted by Crippen LogP contribution is -2.47. The summed E-state index contributed by atoms with van der Waals surface area (Å²) < 4.78 is 37.9. The van der Waals surface area contributed by atoms with Gasteiger partial charge in [-0.1, -0.05) is 30.3 Å². The molecule has 2 aromatic carbocycles. The minimum absolute atomic E-state index is 0.105. The normalized spacial score (nSPS) is 16.6. The maximum Gasteiger partial charge on any atom is 0.309 e. The lowest BCUT2D eigenvalue weighted by molar-refractivity contribution is -0.139. The zero-order valence-corrected chi connectivity index (χ0v) is 18.1. The predicted octanol–water partition coefficient (Wildman–Crippen LogP) is 0.783. The lowest BCUT2D eigenvalue weighted by Gasteiger charge is -2.23. The van der Waals surface area contributed by atoms with Crippen LogP contribution in [0.4, 0.5) is 0 Å². The molecule has 166 valence electrons. The number of amides is 2. The van der Waals surface area contributed by atoms with Gasteiger partial charge in [-0.25, -0.2) is 8.42 Å². The first-order valence-electron chi connectivity index (χ1n) is 9.71. The highest BCUT2D eigenvalue weighted by molar-refractivity contribution is 7.89. The number of rotatable bonds is 7. The molecule has 1 saturated heterocycles.